The van der Waals surface area contributed by atoms with Crippen molar-refractivity contribution >= 4 is 22.8 Å². The van der Waals surface area contributed by atoms with Gasteiger partial charge in [-0.25, -0.2) is 14.8 Å². The minimum Gasteiger partial charge on any atom is -0.477 e. The van der Waals surface area contributed by atoms with Crippen LogP contribution < -0.4 is 4.90 Å². The van der Waals surface area contributed by atoms with Gasteiger partial charge in [0, 0.05) is 26.7 Å². The molecule has 0 unspecified atom stereocenters. The van der Waals surface area contributed by atoms with Gasteiger partial charge in [-0.1, -0.05) is 0 Å². The molecule has 1 saturated heterocycles. The van der Waals surface area contributed by atoms with E-state index in [4.69, 9.17) is 9.47 Å². The Bertz CT molecular complexity index is 679. The van der Waals surface area contributed by atoms with E-state index in [1.54, 1.807) is 17.7 Å². The van der Waals surface area contributed by atoms with Crippen LogP contribution >= 0.6 is 0 Å². The third-order valence-corrected chi connectivity index (χ3v) is 3.72. The number of morpholine rings is 1. The van der Waals surface area contributed by atoms with Gasteiger partial charge < -0.3 is 24.0 Å². The fourth-order valence-electron chi connectivity index (χ4n) is 2.66. The monoisotopic (exact) mass is 306 g/mol. The molecule has 1 N–H and O–H groups in total. The fourth-order valence-corrected chi connectivity index (χ4v) is 2.66. The molecule has 0 aliphatic carbocycles. The number of carboxylic acid groups (broad SMARTS) is 1. The summed E-state index contributed by atoms with van der Waals surface area (Å²) in [5, 5.41) is 10.2. The number of ether oxygens (including phenoxy) is 2. The Hall–Kier alpha value is -2.19. The van der Waals surface area contributed by atoms with Crippen molar-refractivity contribution in [2.45, 2.75) is 6.54 Å². The van der Waals surface area contributed by atoms with Gasteiger partial charge in [0.15, 0.2) is 0 Å². The molecule has 3 rings (SSSR count). The van der Waals surface area contributed by atoms with Gasteiger partial charge in [-0.05, 0) is 6.07 Å². The highest BCUT2D eigenvalue weighted by Gasteiger charge is 2.21. The third-order valence-electron chi connectivity index (χ3n) is 3.72. The molecule has 22 heavy (non-hydrogen) atoms. The SMILES string of the molecule is COCCn1c(C(=O)O)cc2c(N3CCOCC3)ncnc21. The van der Waals surface area contributed by atoms with E-state index in [0.717, 1.165) is 24.3 Å². The van der Waals surface area contributed by atoms with Crippen molar-refractivity contribution in [3.8, 4) is 0 Å². The Morgan fingerprint density at radius 2 is 2.18 bits per heavy atom. The minimum atomic E-state index is -0.984. The summed E-state index contributed by atoms with van der Waals surface area (Å²) in [7, 11) is 1.58. The maximum atomic E-state index is 11.5. The van der Waals surface area contributed by atoms with Gasteiger partial charge in [0.1, 0.15) is 23.5 Å². The van der Waals surface area contributed by atoms with Crippen molar-refractivity contribution in [1.29, 1.82) is 0 Å². The number of rotatable bonds is 5. The van der Waals surface area contributed by atoms with E-state index in [0.29, 0.717) is 32.0 Å². The Balaban J connectivity index is 2.09. The lowest BCUT2D eigenvalue weighted by molar-refractivity contribution is 0.0683. The van der Waals surface area contributed by atoms with Crippen LogP contribution in [0.1, 0.15) is 10.5 Å². The van der Waals surface area contributed by atoms with Crippen LogP contribution in [0.2, 0.25) is 0 Å². The zero-order chi connectivity index (χ0) is 15.5. The summed E-state index contributed by atoms with van der Waals surface area (Å²) in [4.78, 5) is 22.2. The normalized spacial score (nSPS) is 15.4. The van der Waals surface area contributed by atoms with Crippen LogP contribution in [0.4, 0.5) is 5.82 Å². The lowest BCUT2D eigenvalue weighted by Crippen LogP contribution is -2.36. The quantitative estimate of drug-likeness (QED) is 0.865. The van der Waals surface area contributed by atoms with Crippen LogP contribution in [0.3, 0.4) is 0 Å². The van der Waals surface area contributed by atoms with Gasteiger partial charge in [-0.15, -0.1) is 0 Å². The molecular formula is C14H18N4O4. The van der Waals surface area contributed by atoms with Gasteiger partial charge in [-0.2, -0.15) is 0 Å². The van der Waals surface area contributed by atoms with E-state index >= 15 is 0 Å². The summed E-state index contributed by atoms with van der Waals surface area (Å²) in [6.07, 6.45) is 1.47. The summed E-state index contributed by atoms with van der Waals surface area (Å²) >= 11 is 0. The first-order valence-electron chi connectivity index (χ1n) is 7.11. The van der Waals surface area contributed by atoms with Crippen LogP contribution in [0.5, 0.6) is 0 Å². The van der Waals surface area contributed by atoms with Crippen molar-refractivity contribution in [2.24, 2.45) is 0 Å². The van der Waals surface area contributed by atoms with Crippen molar-refractivity contribution in [3.05, 3.63) is 18.1 Å². The fraction of sp³-hybridized carbons (Fsp3) is 0.500. The molecule has 0 aromatic carbocycles. The molecule has 118 valence electrons. The standard InChI is InChI=1S/C14H18N4O4/c1-21-5-4-18-11(14(19)20)8-10-12(15-9-16-13(10)18)17-2-6-22-7-3-17/h8-9H,2-7H2,1H3,(H,19,20). The van der Waals surface area contributed by atoms with Crippen LogP contribution in [0, 0.1) is 0 Å². The first-order chi connectivity index (χ1) is 10.7. The average molecular weight is 306 g/mol. The number of carboxylic acids is 1. The van der Waals surface area contributed by atoms with Crippen LogP contribution in [-0.4, -0.2) is 65.6 Å². The number of carbonyl (C=O) groups is 1. The third kappa shape index (κ3) is 2.62. The van der Waals surface area contributed by atoms with Crippen LogP contribution in [0.15, 0.2) is 12.4 Å². The van der Waals surface area contributed by atoms with Gasteiger partial charge >= 0.3 is 5.97 Å². The molecule has 0 amide bonds. The van der Waals surface area contributed by atoms with Crippen molar-refractivity contribution in [1.82, 2.24) is 14.5 Å². The Morgan fingerprint density at radius 3 is 2.86 bits per heavy atom. The zero-order valence-corrected chi connectivity index (χ0v) is 12.4. The zero-order valence-electron chi connectivity index (χ0n) is 12.4. The second-order valence-electron chi connectivity index (χ2n) is 5.01. The Labute approximate surface area is 127 Å². The highest BCUT2D eigenvalue weighted by molar-refractivity contribution is 5.97. The van der Waals surface area contributed by atoms with Crippen LogP contribution in [0.25, 0.3) is 11.0 Å². The molecule has 0 bridgehead atoms. The molecule has 3 heterocycles. The maximum Gasteiger partial charge on any atom is 0.352 e. The first kappa shape index (κ1) is 14.7. The van der Waals surface area contributed by atoms with E-state index in [2.05, 4.69) is 14.9 Å². The average Bonchev–Trinajstić information content (AvgIpc) is 2.92. The minimum absolute atomic E-state index is 0.196. The predicted octanol–water partition coefficient (Wildman–Crippen LogP) is 0.613. The first-order valence-corrected chi connectivity index (χ1v) is 7.11. The summed E-state index contributed by atoms with van der Waals surface area (Å²) in [5.74, 6) is -0.228. The molecular weight excluding hydrogens is 288 g/mol. The molecule has 0 spiro atoms. The highest BCUT2D eigenvalue weighted by atomic mass is 16.5. The second-order valence-corrected chi connectivity index (χ2v) is 5.01. The lowest BCUT2D eigenvalue weighted by atomic mass is 10.3. The number of aromatic carboxylic acids is 1. The number of anilines is 1. The van der Waals surface area contributed by atoms with E-state index in [1.807, 2.05) is 0 Å². The van der Waals surface area contributed by atoms with Gasteiger partial charge in [-0.3, -0.25) is 0 Å². The Kier molecular flexibility index (Phi) is 4.21. The second kappa shape index (κ2) is 6.29. The lowest BCUT2D eigenvalue weighted by Gasteiger charge is -2.28. The highest BCUT2D eigenvalue weighted by Crippen LogP contribution is 2.27. The van der Waals surface area contributed by atoms with E-state index < -0.39 is 5.97 Å². The number of aromatic nitrogens is 3. The largest absolute Gasteiger partial charge is 0.477 e. The number of methoxy groups -OCH3 is 1. The predicted molar refractivity (Wildman–Crippen MR) is 79.4 cm³/mol. The number of fused-ring (bicyclic) bond motifs is 1. The van der Waals surface area contributed by atoms with E-state index in [-0.39, 0.29) is 5.69 Å². The van der Waals surface area contributed by atoms with Crippen molar-refractivity contribution in [2.75, 3.05) is 44.9 Å². The Morgan fingerprint density at radius 1 is 1.41 bits per heavy atom. The van der Waals surface area contributed by atoms with Crippen molar-refractivity contribution < 1.29 is 19.4 Å². The molecule has 0 radical (unpaired) electrons. The summed E-state index contributed by atoms with van der Waals surface area (Å²) in [6.45, 7) is 3.60. The maximum absolute atomic E-state index is 11.5. The van der Waals surface area contributed by atoms with Gasteiger partial charge in [0.2, 0.25) is 0 Å². The van der Waals surface area contributed by atoms with E-state index in [1.165, 1.54) is 6.33 Å². The van der Waals surface area contributed by atoms with E-state index in [9.17, 15) is 9.90 Å². The van der Waals surface area contributed by atoms with Crippen LogP contribution in [-0.2, 0) is 16.0 Å². The molecule has 1 aliphatic heterocycles. The van der Waals surface area contributed by atoms with Crippen molar-refractivity contribution in [3.63, 3.8) is 0 Å². The summed E-state index contributed by atoms with van der Waals surface area (Å²) in [5.41, 5.74) is 0.813. The topological polar surface area (TPSA) is 89.7 Å². The molecule has 0 saturated carbocycles. The molecule has 2 aromatic heterocycles. The number of hydrogen-bond donors (Lipinski definition) is 1. The van der Waals surface area contributed by atoms with Gasteiger partial charge in [0.25, 0.3) is 0 Å². The molecule has 1 aliphatic rings. The summed E-state index contributed by atoms with van der Waals surface area (Å²) < 4.78 is 12.1. The molecule has 1 fully saturated rings. The summed E-state index contributed by atoms with van der Waals surface area (Å²) in [6, 6.07) is 1.64. The molecule has 2 aromatic rings. The molecule has 8 nitrogen and oxygen atoms in total. The molecule has 8 heteroatoms. The van der Waals surface area contributed by atoms with Gasteiger partial charge in [0.05, 0.1) is 25.2 Å². The number of hydrogen-bond acceptors (Lipinski definition) is 6. The number of nitrogens with zero attached hydrogens (tertiary/aromatic N) is 4. The smallest absolute Gasteiger partial charge is 0.352 e. The molecule has 0 atom stereocenters.